The van der Waals surface area contributed by atoms with Gasteiger partial charge in [-0.3, -0.25) is 0 Å². The van der Waals surface area contributed by atoms with Gasteiger partial charge in [0.15, 0.2) is 11.5 Å². The molecule has 0 aliphatic carbocycles. The minimum atomic E-state index is 0.805. The Morgan fingerprint density at radius 2 is 1.64 bits per heavy atom. The highest BCUT2D eigenvalue weighted by Gasteiger charge is 2.14. The Hall–Kier alpha value is -2.75. The molecule has 2 heterocycles. The first-order valence-electron chi connectivity index (χ1n) is 7.48. The fraction of sp³-hybridized carbons (Fsp3) is 0.167. The summed E-state index contributed by atoms with van der Waals surface area (Å²) in [5.41, 5.74) is 4.15. The molecule has 0 saturated carbocycles. The molecule has 0 bridgehead atoms. The highest BCUT2D eigenvalue weighted by Crippen LogP contribution is 2.29. The zero-order chi connectivity index (χ0) is 15.1. The van der Waals surface area contributed by atoms with Crippen molar-refractivity contribution in [3.8, 4) is 11.3 Å². The summed E-state index contributed by atoms with van der Waals surface area (Å²) in [7, 11) is 0. The fourth-order valence-corrected chi connectivity index (χ4v) is 2.77. The number of nitrogens with zero attached hydrogens (tertiary/aromatic N) is 4. The highest BCUT2D eigenvalue weighted by atomic mass is 15.4. The summed E-state index contributed by atoms with van der Waals surface area (Å²) in [5.74, 6) is 0.883. The van der Waals surface area contributed by atoms with E-state index in [1.807, 2.05) is 16.6 Å². The molecule has 2 aromatic carbocycles. The summed E-state index contributed by atoms with van der Waals surface area (Å²) in [5, 5.41) is 15.6. The second kappa shape index (κ2) is 4.91. The van der Waals surface area contributed by atoms with Crippen molar-refractivity contribution in [3.05, 3.63) is 59.9 Å². The van der Waals surface area contributed by atoms with Crippen LogP contribution in [0.15, 0.2) is 48.5 Å². The summed E-state index contributed by atoms with van der Waals surface area (Å²) in [6, 6.07) is 16.7. The molecule has 0 saturated heterocycles. The van der Waals surface area contributed by atoms with Crippen LogP contribution in [0.3, 0.4) is 0 Å². The lowest BCUT2D eigenvalue weighted by Crippen LogP contribution is -2.01. The molecule has 4 aromatic rings. The highest BCUT2D eigenvalue weighted by molar-refractivity contribution is 6.01. The van der Waals surface area contributed by atoms with Crippen molar-refractivity contribution in [2.75, 3.05) is 0 Å². The number of hydrogen-bond acceptors (Lipinski definition) is 3. The van der Waals surface area contributed by atoms with Crippen LogP contribution in [-0.4, -0.2) is 19.8 Å². The average Bonchev–Trinajstić information content (AvgIpc) is 2.98. The molecule has 108 valence electrons. The van der Waals surface area contributed by atoms with Gasteiger partial charge in [-0.15, -0.1) is 10.2 Å². The molecule has 0 fully saturated rings. The second-order valence-corrected chi connectivity index (χ2v) is 5.47. The maximum Gasteiger partial charge on any atom is 0.185 e. The standard InChI is InChI=1S/C18H16N4/c1-3-16-19-20-18-15-7-5-4-6-14(15)17(21-22(16)18)13-10-8-12(2)9-11-13/h4-11H,3H2,1-2H3. The lowest BCUT2D eigenvalue weighted by molar-refractivity contribution is 0.830. The van der Waals surface area contributed by atoms with Gasteiger partial charge in [0.2, 0.25) is 0 Å². The smallest absolute Gasteiger partial charge is 0.185 e. The van der Waals surface area contributed by atoms with Crippen LogP contribution in [0.5, 0.6) is 0 Å². The van der Waals surface area contributed by atoms with E-state index in [0.29, 0.717) is 0 Å². The van der Waals surface area contributed by atoms with Gasteiger partial charge in [-0.2, -0.15) is 9.61 Å². The molecule has 0 unspecified atom stereocenters. The van der Waals surface area contributed by atoms with Crippen molar-refractivity contribution in [3.63, 3.8) is 0 Å². The van der Waals surface area contributed by atoms with Gasteiger partial charge in [0, 0.05) is 22.8 Å². The Labute approximate surface area is 128 Å². The summed E-state index contributed by atoms with van der Waals surface area (Å²) < 4.78 is 1.87. The van der Waals surface area contributed by atoms with Gasteiger partial charge in [0.25, 0.3) is 0 Å². The molecule has 0 atom stereocenters. The first kappa shape index (κ1) is 13.0. The van der Waals surface area contributed by atoms with Crippen molar-refractivity contribution in [2.24, 2.45) is 0 Å². The second-order valence-electron chi connectivity index (χ2n) is 5.47. The van der Waals surface area contributed by atoms with E-state index in [0.717, 1.165) is 39.9 Å². The summed E-state index contributed by atoms with van der Waals surface area (Å²) >= 11 is 0. The zero-order valence-corrected chi connectivity index (χ0v) is 12.6. The van der Waals surface area contributed by atoms with Gasteiger partial charge in [-0.05, 0) is 6.92 Å². The van der Waals surface area contributed by atoms with Crippen molar-refractivity contribution < 1.29 is 0 Å². The fourth-order valence-electron chi connectivity index (χ4n) is 2.77. The van der Waals surface area contributed by atoms with Gasteiger partial charge >= 0.3 is 0 Å². The quantitative estimate of drug-likeness (QED) is 0.563. The number of aryl methyl sites for hydroxylation is 2. The number of rotatable bonds is 2. The molecule has 0 spiro atoms. The van der Waals surface area contributed by atoms with Gasteiger partial charge in [-0.25, -0.2) is 0 Å². The van der Waals surface area contributed by atoms with Crippen molar-refractivity contribution >= 4 is 16.4 Å². The Bertz CT molecular complexity index is 968. The predicted molar refractivity (Wildman–Crippen MR) is 87.8 cm³/mol. The van der Waals surface area contributed by atoms with E-state index >= 15 is 0 Å². The molecule has 22 heavy (non-hydrogen) atoms. The van der Waals surface area contributed by atoms with Crippen LogP contribution in [0.2, 0.25) is 0 Å². The van der Waals surface area contributed by atoms with E-state index in [9.17, 15) is 0 Å². The molecule has 0 amide bonds. The average molecular weight is 288 g/mol. The van der Waals surface area contributed by atoms with Gasteiger partial charge < -0.3 is 0 Å². The van der Waals surface area contributed by atoms with Crippen LogP contribution < -0.4 is 0 Å². The maximum atomic E-state index is 4.83. The topological polar surface area (TPSA) is 43.1 Å². The third-order valence-electron chi connectivity index (χ3n) is 3.97. The van der Waals surface area contributed by atoms with Crippen LogP contribution in [0.25, 0.3) is 27.7 Å². The lowest BCUT2D eigenvalue weighted by Gasteiger charge is -2.08. The normalized spacial score (nSPS) is 11.4. The van der Waals surface area contributed by atoms with Crippen LogP contribution in [0.4, 0.5) is 0 Å². The van der Waals surface area contributed by atoms with E-state index in [2.05, 4.69) is 60.4 Å². The predicted octanol–water partition coefficient (Wildman–Crippen LogP) is 3.82. The molecule has 4 rings (SSSR count). The molecule has 0 aliphatic heterocycles. The molecular formula is C18H16N4. The third-order valence-corrected chi connectivity index (χ3v) is 3.97. The van der Waals surface area contributed by atoms with E-state index in [-0.39, 0.29) is 0 Å². The Balaban J connectivity index is 2.12. The summed E-state index contributed by atoms with van der Waals surface area (Å²) in [6.45, 7) is 4.16. The first-order valence-corrected chi connectivity index (χ1v) is 7.48. The van der Waals surface area contributed by atoms with Gasteiger partial charge in [-0.1, -0.05) is 61.0 Å². The van der Waals surface area contributed by atoms with Crippen molar-refractivity contribution in [2.45, 2.75) is 20.3 Å². The molecule has 4 nitrogen and oxygen atoms in total. The third kappa shape index (κ3) is 1.88. The number of hydrogen-bond donors (Lipinski definition) is 0. The zero-order valence-electron chi connectivity index (χ0n) is 12.6. The van der Waals surface area contributed by atoms with Crippen LogP contribution in [-0.2, 0) is 6.42 Å². The SMILES string of the molecule is CCc1nnc2c3ccccc3c(-c3ccc(C)cc3)nn12. The molecule has 0 aliphatic rings. The van der Waals surface area contributed by atoms with E-state index in [1.54, 1.807) is 0 Å². The van der Waals surface area contributed by atoms with E-state index in [4.69, 9.17) is 5.10 Å². The summed E-state index contributed by atoms with van der Waals surface area (Å²) in [6.07, 6.45) is 0.805. The minimum Gasteiger partial charge on any atom is -0.196 e. The molecular weight excluding hydrogens is 272 g/mol. The van der Waals surface area contributed by atoms with Crippen LogP contribution >= 0.6 is 0 Å². The maximum absolute atomic E-state index is 4.83. The van der Waals surface area contributed by atoms with E-state index in [1.165, 1.54) is 5.56 Å². The van der Waals surface area contributed by atoms with Gasteiger partial charge in [0.05, 0.1) is 5.69 Å². The minimum absolute atomic E-state index is 0.805. The molecule has 0 N–H and O–H groups in total. The Morgan fingerprint density at radius 1 is 0.909 bits per heavy atom. The Morgan fingerprint density at radius 3 is 2.36 bits per heavy atom. The van der Waals surface area contributed by atoms with E-state index < -0.39 is 0 Å². The lowest BCUT2D eigenvalue weighted by atomic mass is 10.0. The summed E-state index contributed by atoms with van der Waals surface area (Å²) in [4.78, 5) is 0. The van der Waals surface area contributed by atoms with Crippen molar-refractivity contribution in [1.29, 1.82) is 0 Å². The number of aromatic nitrogens is 4. The molecule has 2 aromatic heterocycles. The largest absolute Gasteiger partial charge is 0.196 e. The number of benzene rings is 2. The molecule has 4 heteroatoms. The van der Waals surface area contributed by atoms with Crippen LogP contribution in [0, 0.1) is 6.92 Å². The monoisotopic (exact) mass is 288 g/mol. The van der Waals surface area contributed by atoms with Crippen molar-refractivity contribution in [1.82, 2.24) is 19.8 Å². The molecule has 0 radical (unpaired) electrons. The van der Waals surface area contributed by atoms with Gasteiger partial charge in [0.1, 0.15) is 0 Å². The van der Waals surface area contributed by atoms with Crippen LogP contribution in [0.1, 0.15) is 18.3 Å². The Kier molecular flexibility index (Phi) is 2.89. The number of fused-ring (bicyclic) bond motifs is 3. The first-order chi connectivity index (χ1) is 10.8.